The number of benzene rings is 1. The molecule has 0 bridgehead atoms. The van der Waals surface area contributed by atoms with Crippen LogP contribution in [0.2, 0.25) is 0 Å². The lowest BCUT2D eigenvalue weighted by atomic mass is 10.2. The summed E-state index contributed by atoms with van der Waals surface area (Å²) < 4.78 is 5.45. The van der Waals surface area contributed by atoms with Crippen LogP contribution in [0.5, 0.6) is 0 Å². The number of rotatable bonds is 8. The lowest BCUT2D eigenvalue weighted by Crippen LogP contribution is -2.37. The van der Waals surface area contributed by atoms with Crippen molar-refractivity contribution in [3.05, 3.63) is 47.9 Å². The predicted octanol–water partition coefficient (Wildman–Crippen LogP) is 2.56. The Labute approximate surface area is 169 Å². The third-order valence-corrected chi connectivity index (χ3v) is 4.91. The van der Waals surface area contributed by atoms with E-state index >= 15 is 0 Å². The van der Waals surface area contributed by atoms with Gasteiger partial charge in [-0.15, -0.1) is 0 Å². The standard InChI is InChI=1S/C21H26N6O2/c28-10-4-3-7-19-24-20(13-21(25-19)27-8-11-29-12-9-27)26-23-15-16-14-22-18-6-2-1-5-17(16)18/h1-2,5-6,13-15,22,28H,3-4,7-12H2,(H,24,25,26)/b23-15+. The second-order valence-corrected chi connectivity index (χ2v) is 6.97. The molecule has 8 heteroatoms. The Bertz CT molecular complexity index is 965. The van der Waals surface area contributed by atoms with Gasteiger partial charge in [-0.25, -0.2) is 9.97 Å². The molecule has 4 rings (SSSR count). The van der Waals surface area contributed by atoms with Crippen molar-refractivity contribution in [1.29, 1.82) is 0 Å². The number of H-pyrrole nitrogens is 1. The minimum Gasteiger partial charge on any atom is -0.396 e. The molecule has 0 unspecified atom stereocenters. The highest BCUT2D eigenvalue weighted by Gasteiger charge is 2.15. The fourth-order valence-electron chi connectivity index (χ4n) is 3.37. The monoisotopic (exact) mass is 394 g/mol. The Hall–Kier alpha value is -2.97. The highest BCUT2D eigenvalue weighted by atomic mass is 16.5. The SMILES string of the molecule is OCCCCc1nc(N/N=C/c2c[nH]c3ccccc23)cc(N2CCOCC2)n1. The van der Waals surface area contributed by atoms with E-state index in [2.05, 4.69) is 31.5 Å². The fourth-order valence-corrected chi connectivity index (χ4v) is 3.37. The third kappa shape index (κ3) is 4.90. The lowest BCUT2D eigenvalue weighted by Gasteiger charge is -2.28. The van der Waals surface area contributed by atoms with Gasteiger partial charge in [-0.1, -0.05) is 18.2 Å². The van der Waals surface area contributed by atoms with Crippen LogP contribution >= 0.6 is 0 Å². The van der Waals surface area contributed by atoms with Gasteiger partial charge in [0.15, 0.2) is 5.82 Å². The molecule has 3 heterocycles. The number of aliphatic hydroxyl groups excluding tert-OH is 1. The first-order valence-electron chi connectivity index (χ1n) is 10.0. The number of hydrogen-bond acceptors (Lipinski definition) is 7. The van der Waals surface area contributed by atoms with Crippen LogP contribution in [0, 0.1) is 0 Å². The number of ether oxygens (including phenoxy) is 1. The van der Waals surface area contributed by atoms with E-state index in [4.69, 9.17) is 14.8 Å². The van der Waals surface area contributed by atoms with Gasteiger partial charge in [0.1, 0.15) is 11.6 Å². The first kappa shape index (κ1) is 19.4. The van der Waals surface area contributed by atoms with Crippen molar-refractivity contribution >= 4 is 28.8 Å². The second kappa shape index (κ2) is 9.49. The van der Waals surface area contributed by atoms with E-state index in [1.807, 2.05) is 30.5 Å². The molecular formula is C21H26N6O2. The molecule has 1 saturated heterocycles. The van der Waals surface area contributed by atoms with Gasteiger partial charge in [-0.2, -0.15) is 5.10 Å². The Morgan fingerprint density at radius 2 is 2.07 bits per heavy atom. The number of fused-ring (bicyclic) bond motifs is 1. The lowest BCUT2D eigenvalue weighted by molar-refractivity contribution is 0.122. The summed E-state index contributed by atoms with van der Waals surface area (Å²) in [7, 11) is 0. The number of aromatic nitrogens is 3. The van der Waals surface area contributed by atoms with Crippen molar-refractivity contribution < 1.29 is 9.84 Å². The van der Waals surface area contributed by atoms with Crippen LogP contribution in [0.4, 0.5) is 11.6 Å². The van der Waals surface area contributed by atoms with Gasteiger partial charge >= 0.3 is 0 Å². The molecule has 29 heavy (non-hydrogen) atoms. The predicted molar refractivity (Wildman–Crippen MR) is 115 cm³/mol. The van der Waals surface area contributed by atoms with Gasteiger partial charge < -0.3 is 19.7 Å². The van der Waals surface area contributed by atoms with E-state index in [0.29, 0.717) is 19.0 Å². The quantitative estimate of drug-likeness (QED) is 0.309. The minimum atomic E-state index is 0.184. The van der Waals surface area contributed by atoms with E-state index in [1.54, 1.807) is 6.21 Å². The zero-order valence-electron chi connectivity index (χ0n) is 16.3. The Balaban J connectivity index is 1.52. The molecule has 0 radical (unpaired) electrons. The van der Waals surface area contributed by atoms with Crippen molar-refractivity contribution in [2.75, 3.05) is 43.2 Å². The first-order valence-corrected chi connectivity index (χ1v) is 10.0. The summed E-state index contributed by atoms with van der Waals surface area (Å²) in [4.78, 5) is 14.8. The van der Waals surface area contributed by atoms with Gasteiger partial charge in [0, 0.05) is 54.8 Å². The normalized spacial score (nSPS) is 14.7. The first-order chi connectivity index (χ1) is 14.3. The van der Waals surface area contributed by atoms with Crippen LogP contribution in [-0.2, 0) is 11.2 Å². The zero-order valence-corrected chi connectivity index (χ0v) is 16.3. The number of morpholine rings is 1. The Kier molecular flexibility index (Phi) is 6.33. The number of aryl methyl sites for hydroxylation is 1. The van der Waals surface area contributed by atoms with E-state index < -0.39 is 0 Å². The number of unbranched alkanes of at least 4 members (excludes halogenated alkanes) is 1. The average Bonchev–Trinajstić information content (AvgIpc) is 3.18. The number of hydrazone groups is 1. The van der Waals surface area contributed by atoms with Gasteiger partial charge in [0.25, 0.3) is 0 Å². The summed E-state index contributed by atoms with van der Waals surface area (Å²) in [6, 6.07) is 10.0. The number of anilines is 2. The molecule has 0 saturated carbocycles. The highest BCUT2D eigenvalue weighted by molar-refractivity contribution is 5.99. The number of para-hydroxylation sites is 1. The molecule has 0 atom stereocenters. The Morgan fingerprint density at radius 1 is 1.21 bits per heavy atom. The molecular weight excluding hydrogens is 368 g/mol. The minimum absolute atomic E-state index is 0.184. The fraction of sp³-hybridized carbons (Fsp3) is 0.381. The summed E-state index contributed by atoms with van der Waals surface area (Å²) in [5, 5.41) is 14.6. The number of hydrogen-bond donors (Lipinski definition) is 3. The molecule has 8 nitrogen and oxygen atoms in total. The van der Waals surface area contributed by atoms with Gasteiger partial charge in [-0.3, -0.25) is 5.43 Å². The number of aliphatic hydroxyl groups is 1. The largest absolute Gasteiger partial charge is 0.396 e. The number of nitrogens with one attached hydrogen (secondary N) is 2. The van der Waals surface area contributed by atoms with Crippen LogP contribution in [-0.4, -0.2) is 59.2 Å². The van der Waals surface area contributed by atoms with Crippen molar-refractivity contribution in [2.45, 2.75) is 19.3 Å². The van der Waals surface area contributed by atoms with Crippen molar-refractivity contribution in [3.8, 4) is 0 Å². The number of aromatic amines is 1. The van der Waals surface area contributed by atoms with Crippen LogP contribution in [0.25, 0.3) is 10.9 Å². The summed E-state index contributed by atoms with van der Waals surface area (Å²) in [6.07, 6.45) is 6.05. The maximum atomic E-state index is 9.04. The molecule has 1 aliphatic heterocycles. The van der Waals surface area contributed by atoms with Gasteiger partial charge in [0.05, 0.1) is 19.4 Å². The molecule has 3 N–H and O–H groups in total. The molecule has 1 aromatic carbocycles. The molecule has 152 valence electrons. The molecule has 3 aromatic rings. The molecule has 0 spiro atoms. The topological polar surface area (TPSA) is 98.7 Å². The van der Waals surface area contributed by atoms with E-state index in [9.17, 15) is 0 Å². The molecule has 0 aliphatic carbocycles. The average molecular weight is 394 g/mol. The van der Waals surface area contributed by atoms with Gasteiger partial charge in [-0.05, 0) is 18.9 Å². The maximum Gasteiger partial charge on any atom is 0.152 e. The molecule has 1 fully saturated rings. The van der Waals surface area contributed by atoms with Crippen LogP contribution in [0.15, 0.2) is 41.6 Å². The Morgan fingerprint density at radius 3 is 2.93 bits per heavy atom. The van der Waals surface area contributed by atoms with Crippen LogP contribution < -0.4 is 10.3 Å². The van der Waals surface area contributed by atoms with E-state index in [1.165, 1.54) is 0 Å². The van der Waals surface area contributed by atoms with Crippen LogP contribution in [0.3, 0.4) is 0 Å². The molecule has 2 aromatic heterocycles. The summed E-state index contributed by atoms with van der Waals surface area (Å²) in [5.41, 5.74) is 5.15. The van der Waals surface area contributed by atoms with E-state index in [0.717, 1.165) is 60.5 Å². The third-order valence-electron chi connectivity index (χ3n) is 4.91. The summed E-state index contributed by atoms with van der Waals surface area (Å²) >= 11 is 0. The number of nitrogens with zero attached hydrogens (tertiary/aromatic N) is 4. The summed E-state index contributed by atoms with van der Waals surface area (Å²) in [6.45, 7) is 3.20. The van der Waals surface area contributed by atoms with Crippen molar-refractivity contribution in [1.82, 2.24) is 15.0 Å². The maximum absolute atomic E-state index is 9.04. The second-order valence-electron chi connectivity index (χ2n) is 6.97. The van der Waals surface area contributed by atoms with Crippen LogP contribution in [0.1, 0.15) is 24.2 Å². The van der Waals surface area contributed by atoms with E-state index in [-0.39, 0.29) is 6.61 Å². The highest BCUT2D eigenvalue weighted by Crippen LogP contribution is 2.19. The van der Waals surface area contributed by atoms with Gasteiger partial charge in [0.2, 0.25) is 0 Å². The van der Waals surface area contributed by atoms with Crippen molar-refractivity contribution in [3.63, 3.8) is 0 Å². The summed E-state index contributed by atoms with van der Waals surface area (Å²) in [5.74, 6) is 2.30. The zero-order chi connectivity index (χ0) is 19.9. The van der Waals surface area contributed by atoms with Crippen molar-refractivity contribution in [2.24, 2.45) is 5.10 Å². The molecule has 0 amide bonds. The molecule has 1 aliphatic rings. The smallest absolute Gasteiger partial charge is 0.152 e.